The van der Waals surface area contributed by atoms with Crippen LogP contribution in [0, 0.1) is 0 Å². The van der Waals surface area contributed by atoms with Gasteiger partial charge in [0.25, 0.3) is 5.91 Å². The van der Waals surface area contributed by atoms with Crippen LogP contribution in [0.3, 0.4) is 0 Å². The van der Waals surface area contributed by atoms with Crippen LogP contribution in [0.4, 0.5) is 8.78 Å². The minimum Gasteiger partial charge on any atom is -0.322 e. The molecule has 3 atom stereocenters. The van der Waals surface area contributed by atoms with Gasteiger partial charge in [0.2, 0.25) is 17.6 Å². The molecule has 2 aliphatic rings. The average Bonchev–Trinajstić information content (AvgIpc) is 3.16. The van der Waals surface area contributed by atoms with Crippen LogP contribution in [0.25, 0.3) is 0 Å². The van der Waals surface area contributed by atoms with Gasteiger partial charge in [-0.3, -0.25) is 24.5 Å². The topological polar surface area (TPSA) is 83.6 Å². The van der Waals surface area contributed by atoms with Gasteiger partial charge in [-0.25, -0.2) is 0 Å². The number of rotatable bonds is 6. The summed E-state index contributed by atoms with van der Waals surface area (Å²) < 4.78 is 53.4. The molecule has 2 aromatic rings. The first-order valence-electron chi connectivity index (χ1n) is 11.3. The highest BCUT2D eigenvalue weighted by atomic mass is 35.5. The lowest BCUT2D eigenvalue weighted by Gasteiger charge is -2.29. The number of halogens is 3. The number of carbonyl (C=O) groups is 4. The summed E-state index contributed by atoms with van der Waals surface area (Å²) in [6.07, 6.45) is -4.07. The highest BCUT2D eigenvalue weighted by molar-refractivity contribution is 6.30. The smallest absolute Gasteiger partial charge is 0.322 e. The number of fused-ring (bicyclic) bond motifs is 1. The first-order chi connectivity index (χ1) is 16.4. The predicted molar refractivity (Wildman–Crippen MR) is 111 cm³/mol. The quantitative estimate of drug-likeness (QED) is 0.665. The zero-order chi connectivity index (χ0) is 25.7. The van der Waals surface area contributed by atoms with E-state index in [1.54, 1.807) is 0 Å². The largest absolute Gasteiger partial charge is 0.330 e. The van der Waals surface area contributed by atoms with Gasteiger partial charge in [0.05, 0.1) is 1.37 Å². The number of Topliss-reactive ketones (excluding diaryl/α,β-unsaturated/α-hetero) is 1. The van der Waals surface area contributed by atoms with Crippen molar-refractivity contribution in [1.29, 1.82) is 0 Å². The van der Waals surface area contributed by atoms with Gasteiger partial charge < -0.3 is 4.90 Å². The Morgan fingerprint density at radius 1 is 1.22 bits per heavy atom. The summed E-state index contributed by atoms with van der Waals surface area (Å²) in [4.78, 5) is 50.0. The number of aryl methyl sites for hydroxylation is 1. The SMILES string of the molecule is [2H]C1C(=O)NC(=O)[C@@]([2H])(N2Cc3cc(CCC(=O)C(F)(F)c4ccc(Cl)cc4)ccc3C2=O)C1[2H]. The van der Waals surface area contributed by atoms with E-state index in [2.05, 4.69) is 0 Å². The van der Waals surface area contributed by atoms with Crippen molar-refractivity contribution in [3.05, 3.63) is 69.7 Å². The van der Waals surface area contributed by atoms with Crippen LogP contribution in [-0.4, -0.2) is 34.4 Å². The van der Waals surface area contributed by atoms with Crippen LogP contribution in [0.5, 0.6) is 0 Å². The number of hydrogen-bond donors (Lipinski definition) is 1. The summed E-state index contributed by atoms with van der Waals surface area (Å²) in [6.45, 7) is -0.246. The van der Waals surface area contributed by atoms with E-state index in [0.29, 0.717) is 11.1 Å². The molecule has 0 saturated carbocycles. The molecule has 1 N–H and O–H groups in total. The van der Waals surface area contributed by atoms with Crippen molar-refractivity contribution in [2.24, 2.45) is 0 Å². The Morgan fingerprint density at radius 3 is 2.66 bits per heavy atom. The second-order valence-electron chi connectivity index (χ2n) is 7.42. The maximum absolute atomic E-state index is 14.5. The fourth-order valence-electron chi connectivity index (χ4n) is 3.62. The van der Waals surface area contributed by atoms with Gasteiger partial charge in [-0.05, 0) is 42.1 Å². The second kappa shape index (κ2) is 8.43. The maximum Gasteiger partial charge on any atom is 0.330 e. The Morgan fingerprint density at radius 2 is 1.94 bits per heavy atom. The van der Waals surface area contributed by atoms with Crippen LogP contribution < -0.4 is 5.32 Å². The number of alkyl halides is 2. The lowest BCUT2D eigenvalue weighted by atomic mass is 9.97. The van der Waals surface area contributed by atoms with Crippen molar-refractivity contribution in [1.82, 2.24) is 10.2 Å². The molecule has 9 heteroatoms. The summed E-state index contributed by atoms with van der Waals surface area (Å²) in [5.41, 5.74) is 0.553. The molecule has 2 heterocycles. The average molecular weight is 464 g/mol. The van der Waals surface area contributed by atoms with Crippen LogP contribution in [0.2, 0.25) is 5.02 Å². The Labute approximate surface area is 191 Å². The highest BCUT2D eigenvalue weighted by Gasteiger charge is 2.41. The molecule has 6 nitrogen and oxygen atoms in total. The van der Waals surface area contributed by atoms with Crippen molar-refractivity contribution >= 4 is 35.1 Å². The molecule has 2 unspecified atom stereocenters. The lowest BCUT2D eigenvalue weighted by molar-refractivity contribution is -0.144. The number of nitrogens with one attached hydrogen (secondary N) is 1. The number of hydrogen-bond acceptors (Lipinski definition) is 4. The Hall–Kier alpha value is -3.13. The van der Waals surface area contributed by atoms with Gasteiger partial charge in [0.15, 0.2) is 0 Å². The fraction of sp³-hybridized carbons (Fsp3) is 0.304. The fourth-order valence-corrected chi connectivity index (χ4v) is 3.75. The summed E-state index contributed by atoms with van der Waals surface area (Å²) in [7, 11) is 0. The number of benzene rings is 2. The van der Waals surface area contributed by atoms with Crippen LogP contribution in [0.1, 0.15) is 50.4 Å². The Kier molecular flexibility index (Phi) is 4.86. The molecule has 32 heavy (non-hydrogen) atoms. The van der Waals surface area contributed by atoms with Gasteiger partial charge in [0, 0.05) is 38.3 Å². The van der Waals surface area contributed by atoms with E-state index in [1.165, 1.54) is 30.3 Å². The van der Waals surface area contributed by atoms with E-state index >= 15 is 0 Å². The third-order valence-corrected chi connectivity index (χ3v) is 5.58. The highest BCUT2D eigenvalue weighted by Crippen LogP contribution is 2.32. The number of ketones is 1. The number of nitrogens with zero attached hydrogens (tertiary/aromatic N) is 1. The van der Waals surface area contributed by atoms with Crippen LogP contribution in [-0.2, 0) is 33.3 Å². The first-order valence-corrected chi connectivity index (χ1v) is 10.1. The minimum atomic E-state index is -3.70. The van der Waals surface area contributed by atoms with E-state index < -0.39 is 60.2 Å². The zero-order valence-corrected chi connectivity index (χ0v) is 17.3. The molecule has 1 saturated heterocycles. The summed E-state index contributed by atoms with van der Waals surface area (Å²) in [5, 5.41) is 2.13. The van der Waals surface area contributed by atoms with E-state index in [4.69, 9.17) is 15.7 Å². The minimum absolute atomic E-state index is 0.0413. The summed E-state index contributed by atoms with van der Waals surface area (Å²) in [6, 6.07) is 6.63. The van der Waals surface area contributed by atoms with Crippen molar-refractivity contribution in [2.45, 2.75) is 44.1 Å². The molecular formula is C23H19ClF2N2O4. The zero-order valence-electron chi connectivity index (χ0n) is 19.5. The Bertz CT molecular complexity index is 1240. The number of piperidine rings is 1. The van der Waals surface area contributed by atoms with E-state index in [-0.39, 0.29) is 23.6 Å². The molecule has 0 aliphatic carbocycles. The maximum atomic E-state index is 14.5. The molecule has 1 fully saturated rings. The van der Waals surface area contributed by atoms with Gasteiger partial charge in [-0.1, -0.05) is 35.9 Å². The molecule has 4 rings (SSSR count). The number of imide groups is 1. The summed E-state index contributed by atoms with van der Waals surface area (Å²) in [5.74, 6) is -7.88. The number of carbonyl (C=O) groups excluding carboxylic acids is 4. The van der Waals surface area contributed by atoms with E-state index in [0.717, 1.165) is 17.0 Å². The molecule has 2 aliphatic heterocycles. The second-order valence-corrected chi connectivity index (χ2v) is 7.86. The molecule has 2 aromatic carbocycles. The van der Waals surface area contributed by atoms with Gasteiger partial charge in [-0.15, -0.1) is 0 Å². The van der Waals surface area contributed by atoms with Crippen molar-refractivity contribution in [3.8, 4) is 0 Å². The van der Waals surface area contributed by atoms with E-state index in [9.17, 15) is 28.0 Å². The normalized spacial score (nSPS) is 26.8. The van der Waals surface area contributed by atoms with E-state index in [1.807, 2.05) is 5.32 Å². The van der Waals surface area contributed by atoms with Crippen molar-refractivity contribution in [2.75, 3.05) is 0 Å². The lowest BCUT2D eigenvalue weighted by Crippen LogP contribution is -2.52. The van der Waals surface area contributed by atoms with Crippen molar-refractivity contribution < 1.29 is 32.1 Å². The first kappa shape index (κ1) is 18.4. The molecule has 3 amide bonds. The third kappa shape index (κ3) is 4.14. The van der Waals surface area contributed by atoms with Crippen molar-refractivity contribution in [3.63, 3.8) is 0 Å². The molecule has 0 radical (unpaired) electrons. The summed E-state index contributed by atoms with van der Waals surface area (Å²) >= 11 is 5.71. The van der Waals surface area contributed by atoms with Gasteiger partial charge in [0.1, 0.15) is 6.02 Å². The molecule has 166 valence electrons. The standard InChI is InChI=1S/C23H19ClF2N2O4/c24-16-5-3-15(4-6-16)23(25,26)19(29)9-2-13-1-7-17-14(11-13)12-28(22(17)32)18-8-10-20(30)27-21(18)31/h1,3-7,11,18H,2,8-10,12H2,(H,27,30,31)/t18-/m0/s1/i8D,10D,18D/t8?,10?,18-. The van der Waals surface area contributed by atoms with Gasteiger partial charge >= 0.3 is 5.92 Å². The Balaban J connectivity index is 1.50. The van der Waals surface area contributed by atoms with Gasteiger partial charge in [-0.2, -0.15) is 8.78 Å². The van der Waals surface area contributed by atoms with Crippen LogP contribution in [0.15, 0.2) is 42.5 Å². The number of amides is 3. The molecule has 0 spiro atoms. The molecular weight excluding hydrogens is 442 g/mol. The molecule has 0 aromatic heterocycles. The molecule has 0 bridgehead atoms. The predicted octanol–water partition coefficient (Wildman–Crippen LogP) is 3.39. The third-order valence-electron chi connectivity index (χ3n) is 5.32. The van der Waals surface area contributed by atoms with Crippen LogP contribution >= 0.6 is 11.6 Å². The monoisotopic (exact) mass is 463 g/mol.